The van der Waals surface area contributed by atoms with Gasteiger partial charge in [0.25, 0.3) is 0 Å². The van der Waals surface area contributed by atoms with E-state index in [0.717, 1.165) is 44.9 Å². The molecular weight excluding hydrogens is 316 g/mol. The van der Waals surface area contributed by atoms with Crippen molar-refractivity contribution in [2.24, 2.45) is 0 Å². The van der Waals surface area contributed by atoms with Gasteiger partial charge in [0.05, 0.1) is 13.2 Å². The van der Waals surface area contributed by atoms with Gasteiger partial charge >= 0.3 is 5.97 Å². The third-order valence-corrected chi connectivity index (χ3v) is 3.79. The molecular formula is C21H36O4. The van der Waals surface area contributed by atoms with Crippen molar-refractivity contribution in [3.63, 3.8) is 0 Å². The maximum absolute atomic E-state index is 11.4. The highest BCUT2D eigenvalue weighted by atomic mass is 16.6. The topological polar surface area (TPSA) is 66.8 Å². The summed E-state index contributed by atoms with van der Waals surface area (Å²) in [5.41, 5.74) is 0. The molecule has 0 atom stereocenters. The number of esters is 1. The van der Waals surface area contributed by atoms with Gasteiger partial charge in [0.1, 0.15) is 6.10 Å². The minimum atomic E-state index is -0.778. The summed E-state index contributed by atoms with van der Waals surface area (Å²) in [6.07, 6.45) is 22.3. The van der Waals surface area contributed by atoms with Gasteiger partial charge in [0.15, 0.2) is 0 Å². The SMILES string of the molecule is CCCC/C=C/C=C/C=C/CCCCCCCC(=O)OC(CO)CO. The van der Waals surface area contributed by atoms with Crippen LogP contribution in [0.1, 0.15) is 71.1 Å². The molecule has 0 saturated carbocycles. The van der Waals surface area contributed by atoms with Crippen molar-refractivity contribution in [3.05, 3.63) is 36.5 Å². The van der Waals surface area contributed by atoms with Crippen molar-refractivity contribution < 1.29 is 19.7 Å². The Balaban J connectivity index is 3.43. The van der Waals surface area contributed by atoms with E-state index < -0.39 is 6.10 Å². The lowest BCUT2D eigenvalue weighted by atomic mass is 10.1. The van der Waals surface area contributed by atoms with Gasteiger partial charge in [-0.3, -0.25) is 4.79 Å². The van der Waals surface area contributed by atoms with Crippen LogP contribution in [0.15, 0.2) is 36.5 Å². The lowest BCUT2D eigenvalue weighted by Gasteiger charge is -2.12. The maximum Gasteiger partial charge on any atom is 0.306 e. The maximum atomic E-state index is 11.4. The molecule has 0 unspecified atom stereocenters. The van der Waals surface area contributed by atoms with Crippen LogP contribution in [0.5, 0.6) is 0 Å². The molecule has 0 spiro atoms. The second kappa shape index (κ2) is 18.9. The zero-order valence-electron chi connectivity index (χ0n) is 15.7. The molecule has 0 aromatic rings. The minimum Gasteiger partial charge on any atom is -0.457 e. The molecule has 0 amide bonds. The van der Waals surface area contributed by atoms with Gasteiger partial charge < -0.3 is 14.9 Å². The molecule has 0 rings (SSSR count). The van der Waals surface area contributed by atoms with E-state index in [1.54, 1.807) is 0 Å². The standard InChI is InChI=1S/C21H36O4/c1-2-3-4-5-6-7-8-9-10-11-12-13-14-15-16-17-21(24)25-20(18-22)19-23/h5-10,20,22-23H,2-4,11-19H2,1H3/b6-5+,8-7+,10-9+. The first kappa shape index (κ1) is 23.6. The first-order valence-corrected chi connectivity index (χ1v) is 9.64. The van der Waals surface area contributed by atoms with E-state index >= 15 is 0 Å². The molecule has 0 aromatic heterocycles. The molecule has 0 bridgehead atoms. The second-order valence-corrected chi connectivity index (χ2v) is 6.17. The predicted octanol–water partition coefficient (Wildman–Crippen LogP) is 4.47. The molecule has 0 aliphatic rings. The highest BCUT2D eigenvalue weighted by Crippen LogP contribution is 2.09. The quantitative estimate of drug-likeness (QED) is 0.244. The number of carbonyl (C=O) groups is 1. The van der Waals surface area contributed by atoms with Crippen molar-refractivity contribution in [2.75, 3.05) is 13.2 Å². The fourth-order valence-electron chi connectivity index (χ4n) is 2.24. The Hall–Kier alpha value is -1.39. The van der Waals surface area contributed by atoms with Crippen molar-refractivity contribution in [3.8, 4) is 0 Å². The zero-order chi connectivity index (χ0) is 18.6. The summed E-state index contributed by atoms with van der Waals surface area (Å²) in [7, 11) is 0. The van der Waals surface area contributed by atoms with Crippen LogP contribution in [0.25, 0.3) is 0 Å². The number of carbonyl (C=O) groups excluding carboxylic acids is 1. The van der Waals surface area contributed by atoms with Crippen LogP contribution < -0.4 is 0 Å². The fraction of sp³-hybridized carbons (Fsp3) is 0.667. The van der Waals surface area contributed by atoms with Crippen LogP contribution in [-0.2, 0) is 9.53 Å². The number of allylic oxidation sites excluding steroid dienone is 6. The Labute approximate surface area is 153 Å². The molecule has 144 valence electrons. The lowest BCUT2D eigenvalue weighted by Crippen LogP contribution is -2.25. The highest BCUT2D eigenvalue weighted by molar-refractivity contribution is 5.69. The zero-order valence-corrected chi connectivity index (χ0v) is 15.7. The molecule has 25 heavy (non-hydrogen) atoms. The van der Waals surface area contributed by atoms with Gasteiger partial charge in [-0.05, 0) is 25.7 Å². The number of hydrogen-bond acceptors (Lipinski definition) is 4. The Morgan fingerprint density at radius 2 is 1.40 bits per heavy atom. The van der Waals surface area contributed by atoms with Gasteiger partial charge in [0.2, 0.25) is 0 Å². The Morgan fingerprint density at radius 1 is 0.840 bits per heavy atom. The molecule has 0 aliphatic carbocycles. The molecule has 4 heteroatoms. The summed E-state index contributed by atoms with van der Waals surface area (Å²) in [5, 5.41) is 17.7. The molecule has 0 radical (unpaired) electrons. The number of ether oxygens (including phenoxy) is 1. The molecule has 0 aliphatic heterocycles. The van der Waals surface area contributed by atoms with Crippen LogP contribution in [0.3, 0.4) is 0 Å². The van der Waals surface area contributed by atoms with Gasteiger partial charge in [0, 0.05) is 6.42 Å². The van der Waals surface area contributed by atoms with Crippen molar-refractivity contribution in [1.82, 2.24) is 0 Å². The summed E-state index contributed by atoms with van der Waals surface area (Å²) in [4.78, 5) is 11.4. The number of aliphatic hydroxyl groups excluding tert-OH is 2. The predicted molar refractivity (Wildman–Crippen MR) is 103 cm³/mol. The fourth-order valence-corrected chi connectivity index (χ4v) is 2.24. The third-order valence-electron chi connectivity index (χ3n) is 3.79. The second-order valence-electron chi connectivity index (χ2n) is 6.17. The van der Waals surface area contributed by atoms with Crippen molar-refractivity contribution in [1.29, 1.82) is 0 Å². The number of unbranched alkanes of at least 4 members (excludes halogenated alkanes) is 7. The Bertz CT molecular complexity index is 381. The summed E-state index contributed by atoms with van der Waals surface area (Å²) in [5.74, 6) is -0.341. The summed E-state index contributed by atoms with van der Waals surface area (Å²) >= 11 is 0. The first-order chi connectivity index (χ1) is 12.2. The molecule has 0 fully saturated rings. The van der Waals surface area contributed by atoms with Crippen molar-refractivity contribution in [2.45, 2.75) is 77.2 Å². The van der Waals surface area contributed by atoms with E-state index in [9.17, 15) is 4.79 Å². The molecule has 0 saturated heterocycles. The van der Waals surface area contributed by atoms with Crippen LogP contribution >= 0.6 is 0 Å². The molecule has 4 nitrogen and oxygen atoms in total. The number of rotatable bonds is 16. The summed E-state index contributed by atoms with van der Waals surface area (Å²) in [6.45, 7) is 1.53. The third kappa shape index (κ3) is 17.2. The smallest absolute Gasteiger partial charge is 0.306 e. The number of aliphatic hydroxyl groups is 2. The minimum absolute atomic E-state index is 0.333. The van der Waals surface area contributed by atoms with Gasteiger partial charge in [-0.1, -0.05) is 75.5 Å². The van der Waals surface area contributed by atoms with Crippen LogP contribution in [0.4, 0.5) is 0 Å². The van der Waals surface area contributed by atoms with Crippen LogP contribution in [0, 0.1) is 0 Å². The lowest BCUT2D eigenvalue weighted by molar-refractivity contribution is -0.153. The number of hydrogen-bond donors (Lipinski definition) is 2. The van der Waals surface area contributed by atoms with E-state index in [0.29, 0.717) is 6.42 Å². The van der Waals surface area contributed by atoms with Gasteiger partial charge in [-0.15, -0.1) is 0 Å². The van der Waals surface area contributed by atoms with E-state index in [1.807, 2.05) is 0 Å². The molecule has 0 aromatic carbocycles. The van der Waals surface area contributed by atoms with Gasteiger partial charge in [-0.2, -0.15) is 0 Å². The van der Waals surface area contributed by atoms with E-state index in [-0.39, 0.29) is 19.2 Å². The van der Waals surface area contributed by atoms with Crippen LogP contribution in [0.2, 0.25) is 0 Å². The molecule has 0 heterocycles. The average Bonchev–Trinajstić information content (AvgIpc) is 2.62. The van der Waals surface area contributed by atoms with Crippen LogP contribution in [-0.4, -0.2) is 35.5 Å². The monoisotopic (exact) mass is 352 g/mol. The molecule has 2 N–H and O–H groups in total. The summed E-state index contributed by atoms with van der Waals surface area (Å²) < 4.78 is 4.91. The first-order valence-electron chi connectivity index (χ1n) is 9.64. The van der Waals surface area contributed by atoms with Gasteiger partial charge in [-0.25, -0.2) is 0 Å². The Kier molecular flexibility index (Phi) is 17.9. The van der Waals surface area contributed by atoms with Crippen molar-refractivity contribution >= 4 is 5.97 Å². The van der Waals surface area contributed by atoms with E-state index in [2.05, 4.69) is 43.4 Å². The van der Waals surface area contributed by atoms with E-state index in [1.165, 1.54) is 12.8 Å². The normalized spacial score (nSPS) is 12.2. The summed E-state index contributed by atoms with van der Waals surface area (Å²) in [6, 6.07) is 0. The Morgan fingerprint density at radius 3 is 2.00 bits per heavy atom. The average molecular weight is 353 g/mol. The largest absolute Gasteiger partial charge is 0.457 e. The highest BCUT2D eigenvalue weighted by Gasteiger charge is 2.11. The van der Waals surface area contributed by atoms with E-state index in [4.69, 9.17) is 14.9 Å².